The molecular formula is C21H17ClN4OS. The van der Waals surface area contributed by atoms with Crippen LogP contribution in [0.4, 0.5) is 5.69 Å². The molecule has 0 unspecified atom stereocenters. The van der Waals surface area contributed by atoms with Gasteiger partial charge in [0.25, 0.3) is 5.91 Å². The molecule has 0 spiro atoms. The van der Waals surface area contributed by atoms with E-state index in [-0.39, 0.29) is 5.91 Å². The number of imidazole rings is 1. The number of anilines is 1. The predicted octanol–water partition coefficient (Wildman–Crippen LogP) is 5.05. The average Bonchev–Trinajstić information content (AvgIpc) is 3.13. The van der Waals surface area contributed by atoms with Gasteiger partial charge in [-0.05, 0) is 48.7 Å². The highest BCUT2D eigenvalue weighted by Gasteiger charge is 2.24. The van der Waals surface area contributed by atoms with Gasteiger partial charge in [0.1, 0.15) is 11.4 Å². The van der Waals surface area contributed by atoms with Gasteiger partial charge in [0, 0.05) is 40.6 Å². The van der Waals surface area contributed by atoms with Crippen LogP contribution in [-0.2, 0) is 0 Å². The fourth-order valence-corrected chi connectivity index (χ4v) is 3.52. The topological polar surface area (TPSA) is 50.5 Å². The minimum atomic E-state index is -0.174. The number of fused-ring (bicyclic) bond motifs is 1. The molecule has 0 aliphatic heterocycles. The second-order valence-electron chi connectivity index (χ2n) is 6.17. The van der Waals surface area contributed by atoms with E-state index in [2.05, 4.69) is 9.97 Å². The third-order valence-electron chi connectivity index (χ3n) is 4.49. The van der Waals surface area contributed by atoms with Gasteiger partial charge in [0.15, 0.2) is 0 Å². The summed E-state index contributed by atoms with van der Waals surface area (Å²) in [7, 11) is 1.74. The number of hydrogen-bond donors (Lipinski definition) is 0. The fraction of sp³-hybridized carbons (Fsp3) is 0.0952. The Kier molecular flexibility index (Phi) is 5.07. The number of aromatic nitrogens is 3. The summed E-state index contributed by atoms with van der Waals surface area (Å²) in [6.45, 7) is 0. The summed E-state index contributed by atoms with van der Waals surface area (Å²) in [5.74, 6) is 0.311. The summed E-state index contributed by atoms with van der Waals surface area (Å²) in [6.07, 6.45) is 5.50. The van der Waals surface area contributed by atoms with E-state index in [1.165, 1.54) is 0 Å². The van der Waals surface area contributed by atoms with E-state index in [9.17, 15) is 4.79 Å². The van der Waals surface area contributed by atoms with Crippen molar-refractivity contribution in [3.63, 3.8) is 0 Å². The van der Waals surface area contributed by atoms with Crippen LogP contribution in [0.5, 0.6) is 0 Å². The average molecular weight is 409 g/mol. The van der Waals surface area contributed by atoms with Crippen molar-refractivity contribution in [1.82, 2.24) is 14.4 Å². The van der Waals surface area contributed by atoms with E-state index in [0.29, 0.717) is 22.2 Å². The van der Waals surface area contributed by atoms with Crippen molar-refractivity contribution in [2.45, 2.75) is 4.90 Å². The molecule has 0 atom stereocenters. The monoisotopic (exact) mass is 408 g/mol. The largest absolute Gasteiger partial charge is 0.310 e. The highest BCUT2D eigenvalue weighted by molar-refractivity contribution is 7.98. The van der Waals surface area contributed by atoms with Gasteiger partial charge < -0.3 is 4.90 Å². The van der Waals surface area contributed by atoms with Gasteiger partial charge in [0.05, 0.1) is 0 Å². The molecule has 0 aliphatic carbocycles. The number of benzene rings is 2. The van der Waals surface area contributed by atoms with Gasteiger partial charge in [-0.25, -0.2) is 9.97 Å². The highest BCUT2D eigenvalue weighted by atomic mass is 35.5. The third-order valence-corrected chi connectivity index (χ3v) is 5.48. The minimum Gasteiger partial charge on any atom is -0.310 e. The molecule has 7 heteroatoms. The first-order valence-corrected chi connectivity index (χ1v) is 10.2. The zero-order valence-corrected chi connectivity index (χ0v) is 16.9. The van der Waals surface area contributed by atoms with Crippen LogP contribution in [0.15, 0.2) is 71.9 Å². The van der Waals surface area contributed by atoms with Crippen LogP contribution >= 0.6 is 23.4 Å². The predicted molar refractivity (Wildman–Crippen MR) is 114 cm³/mol. The molecule has 0 saturated carbocycles. The van der Waals surface area contributed by atoms with Crippen molar-refractivity contribution >= 4 is 40.7 Å². The molecule has 4 aromatic rings. The zero-order valence-electron chi connectivity index (χ0n) is 15.3. The second kappa shape index (κ2) is 7.66. The first kappa shape index (κ1) is 18.5. The highest BCUT2D eigenvalue weighted by Crippen LogP contribution is 2.28. The van der Waals surface area contributed by atoms with Gasteiger partial charge in [0.2, 0.25) is 5.78 Å². The quantitative estimate of drug-likeness (QED) is 0.443. The van der Waals surface area contributed by atoms with E-state index in [1.807, 2.05) is 42.7 Å². The minimum absolute atomic E-state index is 0.174. The van der Waals surface area contributed by atoms with Crippen LogP contribution in [0, 0.1) is 0 Å². The van der Waals surface area contributed by atoms with E-state index in [0.717, 1.165) is 16.1 Å². The molecule has 2 aromatic heterocycles. The molecule has 2 aromatic carbocycles. The normalized spacial score (nSPS) is 11.0. The smallest absolute Gasteiger partial charge is 0.277 e. The molecule has 0 aliphatic rings. The number of amides is 1. The number of thioether (sulfide) groups is 1. The summed E-state index contributed by atoms with van der Waals surface area (Å²) < 4.78 is 1.73. The van der Waals surface area contributed by atoms with E-state index < -0.39 is 0 Å². The molecule has 0 radical (unpaired) electrons. The van der Waals surface area contributed by atoms with Crippen molar-refractivity contribution in [3.05, 3.63) is 77.7 Å². The number of carbonyl (C=O) groups excluding carboxylic acids is 1. The number of hydrogen-bond acceptors (Lipinski definition) is 4. The number of carbonyl (C=O) groups is 1. The number of halogens is 1. The maximum Gasteiger partial charge on any atom is 0.277 e. The summed E-state index contributed by atoms with van der Waals surface area (Å²) in [5.41, 5.74) is 2.70. The fourth-order valence-electron chi connectivity index (χ4n) is 2.98. The molecule has 0 bridgehead atoms. The van der Waals surface area contributed by atoms with E-state index >= 15 is 0 Å². The maximum absolute atomic E-state index is 13.4. The molecule has 0 N–H and O–H groups in total. The van der Waals surface area contributed by atoms with Gasteiger partial charge >= 0.3 is 0 Å². The molecule has 1 amide bonds. The van der Waals surface area contributed by atoms with E-state index in [1.54, 1.807) is 58.7 Å². The first-order valence-electron chi connectivity index (χ1n) is 8.59. The maximum atomic E-state index is 13.4. The molecule has 5 nitrogen and oxygen atoms in total. The van der Waals surface area contributed by atoms with Crippen LogP contribution in [0.2, 0.25) is 5.02 Å². The van der Waals surface area contributed by atoms with Gasteiger partial charge in [-0.2, -0.15) is 0 Å². The van der Waals surface area contributed by atoms with Gasteiger partial charge in [-0.1, -0.05) is 23.7 Å². The summed E-state index contributed by atoms with van der Waals surface area (Å²) in [6, 6.07) is 16.9. The van der Waals surface area contributed by atoms with Crippen LogP contribution in [0.25, 0.3) is 17.0 Å². The lowest BCUT2D eigenvalue weighted by Crippen LogP contribution is -2.28. The summed E-state index contributed by atoms with van der Waals surface area (Å²) >= 11 is 7.64. The standard InChI is InChI=1S/C21H17ClN4OS/c1-25(16-8-6-15(22)7-9-16)20(27)19-18(14-4-10-17(28-2)11-5-14)24-21-23-12-3-13-26(19)21/h3-13H,1-2H3. The SMILES string of the molecule is CSc1ccc(-c2nc3ncccn3c2C(=O)N(C)c2ccc(Cl)cc2)cc1. The van der Waals surface area contributed by atoms with Crippen molar-refractivity contribution < 1.29 is 4.79 Å². The van der Waals surface area contributed by atoms with Crippen LogP contribution in [-0.4, -0.2) is 33.6 Å². The summed E-state index contributed by atoms with van der Waals surface area (Å²) in [5, 5.41) is 0.623. The van der Waals surface area contributed by atoms with Gasteiger partial charge in [-0.3, -0.25) is 9.20 Å². The Morgan fingerprint density at radius 2 is 1.82 bits per heavy atom. The van der Waals surface area contributed by atoms with E-state index in [4.69, 9.17) is 11.6 Å². The van der Waals surface area contributed by atoms with Crippen LogP contribution in [0.3, 0.4) is 0 Å². The Balaban J connectivity index is 1.84. The second-order valence-corrected chi connectivity index (χ2v) is 7.48. The lowest BCUT2D eigenvalue weighted by molar-refractivity contribution is 0.0988. The van der Waals surface area contributed by atoms with Gasteiger partial charge in [-0.15, -0.1) is 11.8 Å². The Morgan fingerprint density at radius 3 is 2.50 bits per heavy atom. The molecular weight excluding hydrogens is 392 g/mol. The lowest BCUT2D eigenvalue weighted by Gasteiger charge is -2.18. The third kappa shape index (κ3) is 3.37. The Hall–Kier alpha value is -2.83. The van der Waals surface area contributed by atoms with Crippen molar-refractivity contribution in [3.8, 4) is 11.3 Å². The molecule has 140 valence electrons. The van der Waals surface area contributed by atoms with Crippen LogP contribution < -0.4 is 4.90 Å². The van der Waals surface area contributed by atoms with Crippen molar-refractivity contribution in [2.75, 3.05) is 18.2 Å². The molecule has 0 fully saturated rings. The Labute approximate surface area is 172 Å². The summed E-state index contributed by atoms with van der Waals surface area (Å²) in [4.78, 5) is 25.1. The number of nitrogens with zero attached hydrogens (tertiary/aromatic N) is 4. The first-order chi connectivity index (χ1) is 13.6. The molecule has 2 heterocycles. The zero-order chi connectivity index (χ0) is 19.7. The lowest BCUT2D eigenvalue weighted by atomic mass is 10.1. The van der Waals surface area contributed by atoms with Crippen LogP contribution in [0.1, 0.15) is 10.5 Å². The molecule has 0 saturated heterocycles. The Bertz CT molecular complexity index is 1140. The molecule has 4 rings (SSSR count). The molecule has 28 heavy (non-hydrogen) atoms. The Morgan fingerprint density at radius 1 is 1.11 bits per heavy atom. The number of rotatable bonds is 4. The van der Waals surface area contributed by atoms with Crippen molar-refractivity contribution in [1.29, 1.82) is 0 Å². The van der Waals surface area contributed by atoms with Crippen molar-refractivity contribution in [2.24, 2.45) is 0 Å².